The summed E-state index contributed by atoms with van der Waals surface area (Å²) in [7, 11) is 0. The first-order chi connectivity index (χ1) is 11.2. The highest BCUT2D eigenvalue weighted by Crippen LogP contribution is 2.42. The largest absolute Gasteiger partial charge is 0.494 e. The van der Waals surface area contributed by atoms with Crippen molar-refractivity contribution in [3.05, 3.63) is 24.3 Å². The number of benzene rings is 1. The van der Waals surface area contributed by atoms with Crippen LogP contribution < -0.4 is 15.8 Å². The molecule has 2 fully saturated rings. The van der Waals surface area contributed by atoms with Gasteiger partial charge in [-0.25, -0.2) is 0 Å². The van der Waals surface area contributed by atoms with Crippen molar-refractivity contribution in [2.24, 2.45) is 23.5 Å². The summed E-state index contributed by atoms with van der Waals surface area (Å²) in [4.78, 5) is 12.6. The van der Waals surface area contributed by atoms with Crippen LogP contribution in [0.5, 0.6) is 5.75 Å². The number of rotatable bonds is 5. The predicted octanol–water partition coefficient (Wildman–Crippen LogP) is 3.57. The van der Waals surface area contributed by atoms with Crippen LogP contribution in [0.1, 0.15) is 45.4 Å². The topological polar surface area (TPSA) is 64.3 Å². The highest BCUT2D eigenvalue weighted by molar-refractivity contribution is 5.92. The highest BCUT2D eigenvalue weighted by Gasteiger charge is 2.40. The number of nitrogens with two attached hydrogens (primary N) is 1. The Labute approximate surface area is 138 Å². The predicted molar refractivity (Wildman–Crippen MR) is 92.4 cm³/mol. The van der Waals surface area contributed by atoms with Crippen molar-refractivity contribution in [3.63, 3.8) is 0 Å². The summed E-state index contributed by atoms with van der Waals surface area (Å²) in [6, 6.07) is 7.98. The number of fused-ring (bicyclic) bond motifs is 2. The maximum absolute atomic E-state index is 12.6. The summed E-state index contributed by atoms with van der Waals surface area (Å²) in [6.45, 7) is 2.78. The summed E-state index contributed by atoms with van der Waals surface area (Å²) >= 11 is 0. The summed E-state index contributed by atoms with van der Waals surface area (Å²) in [5.74, 6) is 2.11. The van der Waals surface area contributed by atoms with E-state index in [4.69, 9.17) is 10.5 Å². The first kappa shape index (κ1) is 16.3. The molecule has 0 saturated heterocycles. The van der Waals surface area contributed by atoms with Crippen molar-refractivity contribution < 1.29 is 9.53 Å². The van der Waals surface area contributed by atoms with Crippen molar-refractivity contribution >= 4 is 11.6 Å². The number of carbonyl (C=O) groups is 1. The quantitative estimate of drug-likeness (QED) is 0.873. The molecule has 2 aliphatic rings. The molecule has 2 atom stereocenters. The van der Waals surface area contributed by atoms with E-state index in [1.165, 1.54) is 19.3 Å². The Morgan fingerprint density at radius 3 is 2.74 bits per heavy atom. The van der Waals surface area contributed by atoms with Gasteiger partial charge in [0.25, 0.3) is 0 Å². The van der Waals surface area contributed by atoms with Crippen molar-refractivity contribution in [1.29, 1.82) is 0 Å². The van der Waals surface area contributed by atoms with Crippen LogP contribution in [0.3, 0.4) is 0 Å². The lowest BCUT2D eigenvalue weighted by Crippen LogP contribution is -2.48. The van der Waals surface area contributed by atoms with Gasteiger partial charge >= 0.3 is 0 Å². The second-order valence-corrected chi connectivity index (χ2v) is 7.06. The summed E-state index contributed by atoms with van der Waals surface area (Å²) < 4.78 is 5.63. The van der Waals surface area contributed by atoms with Crippen molar-refractivity contribution in [2.75, 3.05) is 11.9 Å². The maximum atomic E-state index is 12.6. The molecule has 2 saturated carbocycles. The molecule has 0 radical (unpaired) electrons. The van der Waals surface area contributed by atoms with Crippen LogP contribution >= 0.6 is 0 Å². The van der Waals surface area contributed by atoms with Gasteiger partial charge in [-0.2, -0.15) is 0 Å². The molecule has 3 rings (SSSR count). The number of hydrogen-bond acceptors (Lipinski definition) is 3. The zero-order chi connectivity index (χ0) is 16.2. The molecule has 2 aliphatic carbocycles. The number of ether oxygens (including phenoxy) is 1. The van der Waals surface area contributed by atoms with E-state index >= 15 is 0 Å². The Bertz CT molecular complexity index is 532. The molecule has 0 aliphatic heterocycles. The fourth-order valence-corrected chi connectivity index (χ4v) is 4.13. The number of nitrogens with one attached hydrogen (secondary N) is 1. The first-order valence-corrected chi connectivity index (χ1v) is 8.96. The molecule has 4 heteroatoms. The number of carbonyl (C=O) groups excluding carboxylic acids is 1. The molecule has 0 spiro atoms. The molecule has 1 amide bonds. The van der Waals surface area contributed by atoms with Gasteiger partial charge in [0.05, 0.1) is 6.61 Å². The van der Waals surface area contributed by atoms with Gasteiger partial charge in [0.15, 0.2) is 0 Å². The second-order valence-electron chi connectivity index (χ2n) is 7.06. The van der Waals surface area contributed by atoms with Gasteiger partial charge in [0.2, 0.25) is 5.91 Å². The van der Waals surface area contributed by atoms with Gasteiger partial charge in [-0.05, 0) is 56.1 Å². The Balaban J connectivity index is 1.61. The summed E-state index contributed by atoms with van der Waals surface area (Å²) in [5, 5.41) is 3.07. The van der Waals surface area contributed by atoms with Crippen LogP contribution in [0.2, 0.25) is 0 Å². The number of anilines is 1. The van der Waals surface area contributed by atoms with E-state index < -0.39 is 0 Å². The lowest BCUT2D eigenvalue weighted by atomic mass is 9.65. The van der Waals surface area contributed by atoms with Crippen LogP contribution in [0.4, 0.5) is 5.69 Å². The molecule has 1 aromatic rings. The Morgan fingerprint density at radius 1 is 1.30 bits per heavy atom. The standard InChI is InChI=1S/C19H28N2O2/c1-2-9-23-17-8-4-7-16(12-17)21-19(22)15-10-13-5-3-6-14(11-15)18(13)20/h4,7-8,12-15,18H,2-3,5-6,9-11,20H2,1H3,(H,21,22). The number of hydrogen-bond donors (Lipinski definition) is 2. The molecule has 3 N–H and O–H groups in total. The summed E-state index contributed by atoms with van der Waals surface area (Å²) in [6.07, 6.45) is 6.49. The van der Waals surface area contributed by atoms with Crippen molar-refractivity contribution in [1.82, 2.24) is 0 Å². The highest BCUT2D eigenvalue weighted by atomic mass is 16.5. The lowest BCUT2D eigenvalue weighted by Gasteiger charge is -2.43. The fraction of sp³-hybridized carbons (Fsp3) is 0.632. The van der Waals surface area contributed by atoms with E-state index in [1.807, 2.05) is 24.3 Å². The average molecular weight is 316 g/mol. The molecule has 1 aromatic carbocycles. The summed E-state index contributed by atoms with van der Waals surface area (Å²) in [5.41, 5.74) is 7.14. The average Bonchev–Trinajstić information content (AvgIpc) is 2.53. The number of amides is 1. The zero-order valence-electron chi connectivity index (χ0n) is 14.0. The van der Waals surface area contributed by atoms with Gasteiger partial charge < -0.3 is 15.8 Å². The molecule has 4 nitrogen and oxygen atoms in total. The van der Waals surface area contributed by atoms with Gasteiger partial charge in [-0.15, -0.1) is 0 Å². The van der Waals surface area contributed by atoms with E-state index in [0.717, 1.165) is 30.7 Å². The molecular weight excluding hydrogens is 288 g/mol. The van der Waals surface area contributed by atoms with Crippen molar-refractivity contribution in [3.8, 4) is 5.75 Å². The third-order valence-electron chi connectivity index (χ3n) is 5.36. The molecule has 2 unspecified atom stereocenters. The van der Waals surface area contributed by atoms with Crippen LogP contribution in [-0.4, -0.2) is 18.6 Å². The monoisotopic (exact) mass is 316 g/mol. The third kappa shape index (κ3) is 3.86. The first-order valence-electron chi connectivity index (χ1n) is 8.96. The van der Waals surface area contributed by atoms with Gasteiger partial charge in [0, 0.05) is 23.7 Å². The Morgan fingerprint density at radius 2 is 2.04 bits per heavy atom. The molecule has 0 heterocycles. The van der Waals surface area contributed by atoms with E-state index in [-0.39, 0.29) is 11.8 Å². The van der Waals surface area contributed by atoms with E-state index in [1.54, 1.807) is 0 Å². The SMILES string of the molecule is CCCOc1cccc(NC(=O)C2CC3CCCC(C2)C3N)c1. The molecule has 126 valence electrons. The van der Waals surface area contributed by atoms with E-state index in [2.05, 4.69) is 12.2 Å². The Kier molecular flexibility index (Phi) is 5.21. The van der Waals surface area contributed by atoms with Gasteiger partial charge in [0.1, 0.15) is 5.75 Å². The van der Waals surface area contributed by atoms with E-state index in [0.29, 0.717) is 24.5 Å². The third-order valence-corrected chi connectivity index (χ3v) is 5.36. The smallest absolute Gasteiger partial charge is 0.227 e. The minimum atomic E-state index is 0.102. The molecule has 0 aromatic heterocycles. The Hall–Kier alpha value is -1.55. The second kappa shape index (κ2) is 7.35. The normalized spacial score (nSPS) is 29.8. The minimum Gasteiger partial charge on any atom is -0.494 e. The zero-order valence-corrected chi connectivity index (χ0v) is 14.0. The van der Waals surface area contributed by atoms with Crippen LogP contribution in [0.25, 0.3) is 0 Å². The van der Waals surface area contributed by atoms with Crippen LogP contribution in [0, 0.1) is 17.8 Å². The molecule has 2 bridgehead atoms. The van der Waals surface area contributed by atoms with Gasteiger partial charge in [-0.3, -0.25) is 4.79 Å². The van der Waals surface area contributed by atoms with Crippen LogP contribution in [-0.2, 0) is 4.79 Å². The van der Waals surface area contributed by atoms with Crippen LogP contribution in [0.15, 0.2) is 24.3 Å². The molecular formula is C19H28N2O2. The minimum absolute atomic E-state index is 0.102. The maximum Gasteiger partial charge on any atom is 0.227 e. The molecule has 23 heavy (non-hydrogen) atoms. The fourth-order valence-electron chi connectivity index (χ4n) is 4.13. The lowest BCUT2D eigenvalue weighted by molar-refractivity contribution is -0.122. The van der Waals surface area contributed by atoms with Crippen molar-refractivity contribution in [2.45, 2.75) is 51.5 Å². The van der Waals surface area contributed by atoms with Gasteiger partial charge in [-0.1, -0.05) is 19.4 Å². The van der Waals surface area contributed by atoms with E-state index in [9.17, 15) is 4.79 Å².